The van der Waals surface area contributed by atoms with Crippen LogP contribution in [0.4, 0.5) is 4.79 Å². The van der Waals surface area contributed by atoms with Gasteiger partial charge in [0, 0.05) is 18.7 Å². The number of carbonyl (C=O) groups excluding carboxylic acids is 2. The number of aldehydes is 1. The fourth-order valence-electron chi connectivity index (χ4n) is 2.65. The van der Waals surface area contributed by atoms with E-state index in [1.165, 1.54) is 12.7 Å². The molecular formula is C18H17NO4. The van der Waals surface area contributed by atoms with Gasteiger partial charge in [0.05, 0.1) is 7.11 Å². The number of carbonyl (C=O) groups is 2. The third kappa shape index (κ3) is 3.18. The second-order valence-corrected chi connectivity index (χ2v) is 5.34. The number of amides is 1. The molecule has 2 aromatic carbocycles. The van der Waals surface area contributed by atoms with Crippen LogP contribution in [0, 0.1) is 0 Å². The van der Waals surface area contributed by atoms with Gasteiger partial charge in [-0.15, -0.1) is 0 Å². The van der Waals surface area contributed by atoms with E-state index in [-0.39, 0.29) is 0 Å². The summed E-state index contributed by atoms with van der Waals surface area (Å²) in [5.74, 6) is 0.669. The first-order chi connectivity index (χ1) is 11.2. The highest BCUT2D eigenvalue weighted by molar-refractivity contribution is 5.78. The average molecular weight is 311 g/mol. The normalized spacial score (nSPS) is 13.2. The standard InChI is InChI=1S/C18H17NO4/c1-22-17-10-13(12-20)6-7-16(17)23-18(21)19-9-8-14-4-2-3-5-15(14)11-19/h2-7,10,12H,8-9,11H2,1H3. The van der Waals surface area contributed by atoms with Crippen molar-refractivity contribution in [2.75, 3.05) is 13.7 Å². The van der Waals surface area contributed by atoms with Gasteiger partial charge in [-0.1, -0.05) is 24.3 Å². The van der Waals surface area contributed by atoms with Crippen LogP contribution in [0.1, 0.15) is 21.5 Å². The van der Waals surface area contributed by atoms with E-state index < -0.39 is 6.09 Å². The molecule has 5 nitrogen and oxygen atoms in total. The molecule has 1 heterocycles. The summed E-state index contributed by atoms with van der Waals surface area (Å²) >= 11 is 0. The van der Waals surface area contributed by atoms with Crippen LogP contribution in [0.2, 0.25) is 0 Å². The van der Waals surface area contributed by atoms with Crippen LogP contribution in [0.5, 0.6) is 11.5 Å². The summed E-state index contributed by atoms with van der Waals surface area (Å²) in [6.45, 7) is 1.15. The summed E-state index contributed by atoms with van der Waals surface area (Å²) in [4.78, 5) is 24.8. The molecule has 0 saturated heterocycles. The van der Waals surface area contributed by atoms with Crippen molar-refractivity contribution in [1.29, 1.82) is 0 Å². The fourth-order valence-corrected chi connectivity index (χ4v) is 2.65. The third-order valence-electron chi connectivity index (χ3n) is 3.91. The molecular weight excluding hydrogens is 294 g/mol. The molecule has 0 aromatic heterocycles. The minimum Gasteiger partial charge on any atom is -0.493 e. The molecule has 0 N–H and O–H groups in total. The van der Waals surface area contributed by atoms with E-state index in [2.05, 4.69) is 6.07 Å². The molecule has 0 bridgehead atoms. The lowest BCUT2D eigenvalue weighted by Crippen LogP contribution is -2.37. The number of hydrogen-bond donors (Lipinski definition) is 0. The summed E-state index contributed by atoms with van der Waals surface area (Å²) in [6.07, 6.45) is 1.11. The van der Waals surface area contributed by atoms with Crippen molar-refractivity contribution in [3.63, 3.8) is 0 Å². The molecule has 5 heteroatoms. The molecule has 118 valence electrons. The maximum absolute atomic E-state index is 12.4. The van der Waals surface area contributed by atoms with Crippen molar-refractivity contribution in [3.05, 3.63) is 59.2 Å². The SMILES string of the molecule is COc1cc(C=O)ccc1OC(=O)N1CCc2ccccc2C1. The van der Waals surface area contributed by atoms with Crippen LogP contribution in [-0.4, -0.2) is 30.9 Å². The zero-order valence-corrected chi connectivity index (χ0v) is 12.8. The number of rotatable bonds is 3. The minimum atomic E-state index is -0.420. The Morgan fingerprint density at radius 2 is 1.91 bits per heavy atom. The molecule has 0 aliphatic carbocycles. The monoisotopic (exact) mass is 311 g/mol. The van der Waals surface area contributed by atoms with Crippen molar-refractivity contribution in [3.8, 4) is 11.5 Å². The Morgan fingerprint density at radius 3 is 2.65 bits per heavy atom. The van der Waals surface area contributed by atoms with Crippen LogP contribution in [-0.2, 0) is 13.0 Å². The summed E-state index contributed by atoms with van der Waals surface area (Å²) < 4.78 is 10.6. The summed E-state index contributed by atoms with van der Waals surface area (Å²) in [7, 11) is 1.47. The number of ether oxygens (including phenoxy) is 2. The van der Waals surface area contributed by atoms with Crippen molar-refractivity contribution in [2.45, 2.75) is 13.0 Å². The lowest BCUT2D eigenvalue weighted by molar-refractivity contribution is 0.112. The van der Waals surface area contributed by atoms with Gasteiger partial charge in [0.25, 0.3) is 0 Å². The molecule has 3 rings (SSSR count). The Bertz CT molecular complexity index is 742. The first-order valence-electron chi connectivity index (χ1n) is 7.38. The Kier molecular flexibility index (Phi) is 4.28. The van der Waals surface area contributed by atoms with Gasteiger partial charge in [0.15, 0.2) is 11.5 Å². The van der Waals surface area contributed by atoms with Gasteiger partial charge in [0.2, 0.25) is 0 Å². The molecule has 0 spiro atoms. The van der Waals surface area contributed by atoms with Crippen molar-refractivity contribution in [2.24, 2.45) is 0 Å². The Balaban J connectivity index is 1.74. The topological polar surface area (TPSA) is 55.8 Å². The molecule has 0 saturated carbocycles. The van der Waals surface area contributed by atoms with E-state index in [9.17, 15) is 9.59 Å². The highest BCUT2D eigenvalue weighted by Crippen LogP contribution is 2.29. The molecule has 23 heavy (non-hydrogen) atoms. The van der Waals surface area contributed by atoms with Crippen molar-refractivity contribution in [1.82, 2.24) is 4.90 Å². The molecule has 1 aliphatic rings. The molecule has 2 aromatic rings. The average Bonchev–Trinajstić information content (AvgIpc) is 2.61. The predicted molar refractivity (Wildman–Crippen MR) is 85.0 cm³/mol. The first-order valence-corrected chi connectivity index (χ1v) is 7.38. The zero-order valence-electron chi connectivity index (χ0n) is 12.8. The number of fused-ring (bicyclic) bond motifs is 1. The maximum atomic E-state index is 12.4. The van der Waals surface area contributed by atoms with Crippen molar-refractivity contribution < 1.29 is 19.1 Å². The van der Waals surface area contributed by atoms with Gasteiger partial charge >= 0.3 is 6.09 Å². The second-order valence-electron chi connectivity index (χ2n) is 5.34. The van der Waals surface area contributed by atoms with Gasteiger partial charge < -0.3 is 14.4 Å². The van der Waals surface area contributed by atoms with Gasteiger partial charge in [-0.05, 0) is 35.7 Å². The third-order valence-corrected chi connectivity index (χ3v) is 3.91. The smallest absolute Gasteiger partial charge is 0.415 e. The van der Waals surface area contributed by atoms with Gasteiger partial charge in [0.1, 0.15) is 6.29 Å². The van der Waals surface area contributed by atoms with Gasteiger partial charge in [-0.3, -0.25) is 4.79 Å². The van der Waals surface area contributed by atoms with E-state index in [1.807, 2.05) is 18.2 Å². The Morgan fingerprint density at radius 1 is 1.13 bits per heavy atom. The van der Waals surface area contributed by atoms with E-state index >= 15 is 0 Å². The number of benzene rings is 2. The molecule has 0 radical (unpaired) electrons. The molecule has 0 fully saturated rings. The van der Waals surface area contributed by atoms with Crippen LogP contribution >= 0.6 is 0 Å². The van der Waals surface area contributed by atoms with Crippen LogP contribution in [0.25, 0.3) is 0 Å². The zero-order chi connectivity index (χ0) is 16.2. The van der Waals surface area contributed by atoms with E-state index in [4.69, 9.17) is 9.47 Å². The number of methoxy groups -OCH3 is 1. The van der Waals surface area contributed by atoms with Crippen LogP contribution in [0.3, 0.4) is 0 Å². The van der Waals surface area contributed by atoms with Crippen molar-refractivity contribution >= 4 is 12.4 Å². The number of hydrogen-bond acceptors (Lipinski definition) is 4. The highest BCUT2D eigenvalue weighted by Gasteiger charge is 2.23. The van der Waals surface area contributed by atoms with Crippen LogP contribution in [0.15, 0.2) is 42.5 Å². The van der Waals surface area contributed by atoms with Crippen LogP contribution < -0.4 is 9.47 Å². The lowest BCUT2D eigenvalue weighted by Gasteiger charge is -2.28. The fraction of sp³-hybridized carbons (Fsp3) is 0.222. The Labute approximate surface area is 134 Å². The van der Waals surface area contributed by atoms with E-state index in [1.54, 1.807) is 23.1 Å². The maximum Gasteiger partial charge on any atom is 0.415 e. The molecule has 0 atom stereocenters. The Hall–Kier alpha value is -2.82. The molecule has 1 aliphatic heterocycles. The van der Waals surface area contributed by atoms with E-state index in [0.29, 0.717) is 30.2 Å². The quantitative estimate of drug-likeness (QED) is 0.818. The van der Waals surface area contributed by atoms with Gasteiger partial charge in [-0.2, -0.15) is 0 Å². The largest absolute Gasteiger partial charge is 0.493 e. The first kappa shape index (κ1) is 15.1. The van der Waals surface area contributed by atoms with E-state index in [0.717, 1.165) is 18.3 Å². The lowest BCUT2D eigenvalue weighted by atomic mass is 10.0. The highest BCUT2D eigenvalue weighted by atomic mass is 16.6. The predicted octanol–water partition coefficient (Wildman–Crippen LogP) is 3.06. The molecule has 0 unspecified atom stereocenters. The summed E-state index contributed by atoms with van der Waals surface area (Å²) in [5, 5.41) is 0. The van der Waals surface area contributed by atoms with Gasteiger partial charge in [-0.25, -0.2) is 4.79 Å². The summed E-state index contributed by atoms with van der Waals surface area (Å²) in [5.41, 5.74) is 2.87. The second kappa shape index (κ2) is 6.52. The minimum absolute atomic E-state index is 0.307. The summed E-state index contributed by atoms with van der Waals surface area (Å²) in [6, 6.07) is 12.8. The molecule has 1 amide bonds. The number of nitrogens with zero attached hydrogens (tertiary/aromatic N) is 1.